The van der Waals surface area contributed by atoms with Gasteiger partial charge in [-0.05, 0) is 42.9 Å². The molecule has 0 saturated carbocycles. The number of hydrogen-bond donors (Lipinski definition) is 1. The maximum atomic E-state index is 12.8. The van der Waals surface area contributed by atoms with Gasteiger partial charge in [0.2, 0.25) is 15.9 Å². The lowest BCUT2D eigenvalue weighted by atomic mass is 9.92. The van der Waals surface area contributed by atoms with Gasteiger partial charge >= 0.3 is 0 Å². The van der Waals surface area contributed by atoms with Crippen molar-refractivity contribution in [3.05, 3.63) is 23.8 Å². The predicted molar refractivity (Wildman–Crippen MR) is 96.5 cm³/mol. The van der Waals surface area contributed by atoms with Crippen molar-refractivity contribution >= 4 is 21.6 Å². The number of aryl methyl sites for hydroxylation is 1. The second kappa shape index (κ2) is 7.23. The van der Waals surface area contributed by atoms with Gasteiger partial charge in [0.25, 0.3) is 0 Å². The van der Waals surface area contributed by atoms with Gasteiger partial charge in [0, 0.05) is 25.2 Å². The summed E-state index contributed by atoms with van der Waals surface area (Å²) in [7, 11) is -3.49. The average molecular weight is 353 g/mol. The molecule has 1 amide bonds. The zero-order valence-electron chi connectivity index (χ0n) is 15.1. The lowest BCUT2D eigenvalue weighted by molar-refractivity contribution is -0.117. The molecule has 0 radical (unpaired) electrons. The van der Waals surface area contributed by atoms with E-state index in [2.05, 4.69) is 5.32 Å². The summed E-state index contributed by atoms with van der Waals surface area (Å²) >= 11 is 0. The molecule has 1 heterocycles. The number of nitrogens with one attached hydrogen (secondary N) is 1. The summed E-state index contributed by atoms with van der Waals surface area (Å²) in [6, 6.07) is 4.96. The van der Waals surface area contributed by atoms with Crippen molar-refractivity contribution in [3.8, 4) is 0 Å². The number of carbonyl (C=O) groups is 1. The summed E-state index contributed by atoms with van der Waals surface area (Å²) in [6.45, 7) is 9.00. The minimum absolute atomic E-state index is 0.0990. The van der Waals surface area contributed by atoms with Gasteiger partial charge in [-0.15, -0.1) is 0 Å². The predicted octanol–water partition coefficient (Wildman–Crippen LogP) is 3.54. The summed E-state index contributed by atoms with van der Waals surface area (Å²) < 4.78 is 27.1. The minimum atomic E-state index is -3.49. The van der Waals surface area contributed by atoms with Gasteiger partial charge in [-0.1, -0.05) is 33.3 Å². The van der Waals surface area contributed by atoms with Crippen molar-refractivity contribution in [3.63, 3.8) is 0 Å². The van der Waals surface area contributed by atoms with Gasteiger partial charge in [0.05, 0.1) is 4.90 Å². The Hall–Kier alpha value is -1.40. The van der Waals surface area contributed by atoms with Crippen LogP contribution in [0.2, 0.25) is 0 Å². The van der Waals surface area contributed by atoms with Crippen molar-refractivity contribution in [1.29, 1.82) is 0 Å². The van der Waals surface area contributed by atoms with E-state index in [9.17, 15) is 13.2 Å². The lowest BCUT2D eigenvalue weighted by Crippen LogP contribution is -2.35. The second-order valence-corrected chi connectivity index (χ2v) is 9.67. The molecule has 1 saturated heterocycles. The quantitative estimate of drug-likeness (QED) is 0.901. The van der Waals surface area contributed by atoms with Gasteiger partial charge in [-0.2, -0.15) is 4.31 Å². The van der Waals surface area contributed by atoms with Gasteiger partial charge in [-0.3, -0.25) is 4.79 Å². The number of benzene rings is 1. The van der Waals surface area contributed by atoms with Gasteiger partial charge in [0.1, 0.15) is 0 Å². The molecule has 1 aliphatic heterocycles. The largest absolute Gasteiger partial charge is 0.326 e. The molecule has 0 aliphatic carbocycles. The topological polar surface area (TPSA) is 66.5 Å². The van der Waals surface area contributed by atoms with Crippen molar-refractivity contribution in [2.45, 2.75) is 58.3 Å². The van der Waals surface area contributed by atoms with Crippen LogP contribution in [0.1, 0.15) is 52.0 Å². The van der Waals surface area contributed by atoms with Crippen molar-refractivity contribution in [1.82, 2.24) is 4.31 Å². The van der Waals surface area contributed by atoms with Crippen LogP contribution in [-0.4, -0.2) is 31.7 Å². The monoisotopic (exact) mass is 352 g/mol. The average Bonchev–Trinajstić information content (AvgIpc) is 2.48. The van der Waals surface area contributed by atoms with Crippen LogP contribution in [0, 0.1) is 12.3 Å². The number of anilines is 1. The maximum absolute atomic E-state index is 12.8. The van der Waals surface area contributed by atoms with E-state index < -0.39 is 10.0 Å². The molecule has 1 fully saturated rings. The van der Waals surface area contributed by atoms with E-state index in [-0.39, 0.29) is 16.2 Å². The smallest absolute Gasteiger partial charge is 0.243 e. The van der Waals surface area contributed by atoms with Crippen LogP contribution in [0.15, 0.2) is 23.1 Å². The molecule has 1 aromatic rings. The van der Waals surface area contributed by atoms with E-state index in [0.29, 0.717) is 25.2 Å². The normalized spacial score (nSPS) is 16.8. The highest BCUT2D eigenvalue weighted by Gasteiger charge is 2.26. The molecule has 1 N–H and O–H groups in total. The fraction of sp³-hybridized carbons (Fsp3) is 0.611. The molecule has 0 spiro atoms. The summed E-state index contributed by atoms with van der Waals surface area (Å²) in [6.07, 6.45) is 3.27. The van der Waals surface area contributed by atoms with Crippen LogP contribution < -0.4 is 5.32 Å². The van der Waals surface area contributed by atoms with Crippen LogP contribution in [-0.2, 0) is 14.8 Å². The fourth-order valence-electron chi connectivity index (χ4n) is 2.83. The van der Waals surface area contributed by atoms with Crippen LogP contribution in [0.4, 0.5) is 5.69 Å². The summed E-state index contributed by atoms with van der Waals surface area (Å²) in [5.74, 6) is -0.0990. The van der Waals surface area contributed by atoms with E-state index in [1.807, 2.05) is 27.7 Å². The fourth-order valence-corrected chi connectivity index (χ4v) is 4.37. The number of rotatable bonds is 4. The first-order valence-corrected chi connectivity index (χ1v) is 9.94. The third kappa shape index (κ3) is 4.80. The molecule has 2 rings (SSSR count). The van der Waals surface area contributed by atoms with Crippen LogP contribution >= 0.6 is 0 Å². The van der Waals surface area contributed by atoms with Crippen molar-refractivity contribution in [2.24, 2.45) is 5.41 Å². The second-order valence-electron chi connectivity index (χ2n) is 7.73. The Morgan fingerprint density at radius 2 is 1.79 bits per heavy atom. The third-order valence-corrected chi connectivity index (χ3v) is 6.02. The van der Waals surface area contributed by atoms with Gasteiger partial charge < -0.3 is 5.32 Å². The highest BCUT2D eigenvalue weighted by Crippen LogP contribution is 2.26. The zero-order valence-corrected chi connectivity index (χ0v) is 15.9. The standard InChI is InChI=1S/C18H28N2O3S/c1-14-8-9-15(24(22,23)20-10-6-5-7-11-20)12-16(14)19-17(21)13-18(2,3)4/h8-9,12H,5-7,10-11,13H2,1-4H3,(H,19,21). The molecule has 5 nitrogen and oxygen atoms in total. The first kappa shape index (κ1) is 18.9. The summed E-state index contributed by atoms with van der Waals surface area (Å²) in [4.78, 5) is 12.4. The molecular weight excluding hydrogens is 324 g/mol. The van der Waals surface area contributed by atoms with E-state index in [1.165, 1.54) is 0 Å². The SMILES string of the molecule is Cc1ccc(S(=O)(=O)N2CCCCC2)cc1NC(=O)CC(C)(C)C. The number of sulfonamides is 1. The summed E-state index contributed by atoms with van der Waals surface area (Å²) in [5.41, 5.74) is 1.31. The van der Waals surface area contributed by atoms with E-state index in [1.54, 1.807) is 22.5 Å². The minimum Gasteiger partial charge on any atom is -0.326 e. The molecule has 0 bridgehead atoms. The Morgan fingerprint density at radius 1 is 1.17 bits per heavy atom. The van der Waals surface area contributed by atoms with Gasteiger partial charge in [0.15, 0.2) is 0 Å². The molecule has 1 aliphatic rings. The number of nitrogens with zero attached hydrogens (tertiary/aromatic N) is 1. The first-order valence-electron chi connectivity index (χ1n) is 8.50. The Labute approximate surface area is 145 Å². The van der Waals surface area contributed by atoms with E-state index in [4.69, 9.17) is 0 Å². The number of hydrogen-bond acceptors (Lipinski definition) is 3. The van der Waals surface area contributed by atoms with Crippen LogP contribution in [0.3, 0.4) is 0 Å². The maximum Gasteiger partial charge on any atom is 0.243 e. The van der Waals surface area contributed by atoms with Crippen LogP contribution in [0.25, 0.3) is 0 Å². The molecule has 6 heteroatoms. The molecule has 0 aromatic heterocycles. The Morgan fingerprint density at radius 3 is 2.38 bits per heavy atom. The van der Waals surface area contributed by atoms with Crippen molar-refractivity contribution < 1.29 is 13.2 Å². The highest BCUT2D eigenvalue weighted by atomic mass is 32.2. The Kier molecular flexibility index (Phi) is 5.71. The lowest BCUT2D eigenvalue weighted by Gasteiger charge is -2.26. The van der Waals surface area contributed by atoms with Crippen molar-refractivity contribution in [2.75, 3.05) is 18.4 Å². The first-order chi connectivity index (χ1) is 11.1. The zero-order chi connectivity index (χ0) is 18.0. The Bertz CT molecular complexity index is 699. The number of amides is 1. The molecule has 0 atom stereocenters. The Balaban J connectivity index is 2.23. The molecular formula is C18H28N2O3S. The van der Waals surface area contributed by atoms with Gasteiger partial charge in [-0.25, -0.2) is 8.42 Å². The molecule has 134 valence electrons. The molecule has 24 heavy (non-hydrogen) atoms. The number of carbonyl (C=O) groups excluding carboxylic acids is 1. The van der Waals surface area contributed by atoms with Crippen LogP contribution in [0.5, 0.6) is 0 Å². The third-order valence-electron chi connectivity index (χ3n) is 4.13. The number of piperidine rings is 1. The summed E-state index contributed by atoms with van der Waals surface area (Å²) in [5, 5.41) is 2.86. The van der Waals surface area contributed by atoms with E-state index >= 15 is 0 Å². The van der Waals surface area contributed by atoms with E-state index in [0.717, 1.165) is 24.8 Å². The molecule has 1 aromatic carbocycles. The molecule has 0 unspecified atom stereocenters. The highest BCUT2D eigenvalue weighted by molar-refractivity contribution is 7.89.